The van der Waals surface area contributed by atoms with Crippen LogP contribution in [0.5, 0.6) is 5.75 Å². The second kappa shape index (κ2) is 6.36. The molecule has 0 saturated heterocycles. The Balaban J connectivity index is 3.02. The van der Waals surface area contributed by atoms with E-state index in [-0.39, 0.29) is 6.04 Å². The molecule has 108 valence electrons. The molecule has 19 heavy (non-hydrogen) atoms. The summed E-state index contributed by atoms with van der Waals surface area (Å²) in [6, 6.07) is 5.46. The number of benzene rings is 1. The SMILES string of the molecule is COc1ccc(C)cc1CC(NN)C(C)S(C)(=O)=O. The second-order valence-electron chi connectivity index (χ2n) is 4.83. The Labute approximate surface area is 115 Å². The van der Waals surface area contributed by atoms with E-state index >= 15 is 0 Å². The molecule has 0 aliphatic heterocycles. The number of nitrogens with two attached hydrogens (primary N) is 1. The molecular formula is C13H22N2O3S. The van der Waals surface area contributed by atoms with Crippen LogP contribution < -0.4 is 16.0 Å². The zero-order valence-corrected chi connectivity index (χ0v) is 12.6. The van der Waals surface area contributed by atoms with Crippen LogP contribution in [0.15, 0.2) is 18.2 Å². The predicted molar refractivity (Wildman–Crippen MR) is 76.9 cm³/mol. The first-order valence-corrected chi connectivity index (χ1v) is 8.03. The van der Waals surface area contributed by atoms with Crippen LogP contribution in [0.25, 0.3) is 0 Å². The van der Waals surface area contributed by atoms with Crippen molar-refractivity contribution in [1.82, 2.24) is 5.43 Å². The third-order valence-corrected chi connectivity index (χ3v) is 5.01. The van der Waals surface area contributed by atoms with Gasteiger partial charge in [0.1, 0.15) is 5.75 Å². The fourth-order valence-corrected chi connectivity index (χ4v) is 2.73. The van der Waals surface area contributed by atoms with Crippen LogP contribution in [-0.4, -0.2) is 33.1 Å². The maximum absolute atomic E-state index is 11.6. The van der Waals surface area contributed by atoms with Crippen molar-refractivity contribution in [2.45, 2.75) is 31.6 Å². The standard InChI is InChI=1S/C13H22N2O3S/c1-9-5-6-13(18-3)11(7-9)8-12(15-14)10(2)19(4,16)17/h5-7,10,12,15H,8,14H2,1-4H3. The maximum atomic E-state index is 11.6. The lowest BCUT2D eigenvalue weighted by Crippen LogP contribution is -2.47. The molecule has 1 aromatic rings. The van der Waals surface area contributed by atoms with Gasteiger partial charge in [-0.3, -0.25) is 11.3 Å². The Hall–Kier alpha value is -1.11. The number of aryl methyl sites for hydroxylation is 1. The molecule has 3 N–H and O–H groups in total. The van der Waals surface area contributed by atoms with Crippen molar-refractivity contribution in [3.05, 3.63) is 29.3 Å². The first-order chi connectivity index (χ1) is 8.79. The highest BCUT2D eigenvalue weighted by atomic mass is 32.2. The van der Waals surface area contributed by atoms with E-state index in [4.69, 9.17) is 10.6 Å². The summed E-state index contributed by atoms with van der Waals surface area (Å²) in [6.07, 6.45) is 1.71. The molecule has 0 amide bonds. The fraction of sp³-hybridized carbons (Fsp3) is 0.538. The van der Waals surface area contributed by atoms with Gasteiger partial charge in [-0.25, -0.2) is 8.42 Å². The summed E-state index contributed by atoms with van der Waals surface area (Å²) in [5.41, 5.74) is 4.63. The van der Waals surface area contributed by atoms with Gasteiger partial charge < -0.3 is 4.74 Å². The average molecular weight is 286 g/mol. The van der Waals surface area contributed by atoms with Gasteiger partial charge in [-0.2, -0.15) is 0 Å². The summed E-state index contributed by atoms with van der Waals surface area (Å²) in [6.45, 7) is 3.63. The number of ether oxygens (including phenoxy) is 1. The Kier molecular flexibility index (Phi) is 5.34. The molecule has 0 fully saturated rings. The highest BCUT2D eigenvalue weighted by molar-refractivity contribution is 7.91. The monoisotopic (exact) mass is 286 g/mol. The molecule has 5 nitrogen and oxygen atoms in total. The van der Waals surface area contributed by atoms with E-state index in [1.165, 1.54) is 6.26 Å². The molecule has 1 aromatic carbocycles. The van der Waals surface area contributed by atoms with Gasteiger partial charge in [-0.05, 0) is 31.9 Å². The molecule has 6 heteroatoms. The van der Waals surface area contributed by atoms with E-state index in [2.05, 4.69) is 5.43 Å². The number of rotatable bonds is 6. The smallest absolute Gasteiger partial charge is 0.151 e. The average Bonchev–Trinajstić information content (AvgIpc) is 2.34. The van der Waals surface area contributed by atoms with Crippen LogP contribution in [0.1, 0.15) is 18.1 Å². The van der Waals surface area contributed by atoms with E-state index in [9.17, 15) is 8.42 Å². The fourth-order valence-electron chi connectivity index (χ4n) is 1.96. The summed E-state index contributed by atoms with van der Waals surface area (Å²) >= 11 is 0. The molecule has 0 saturated carbocycles. The molecule has 0 bridgehead atoms. The lowest BCUT2D eigenvalue weighted by molar-refractivity contribution is 0.403. The third kappa shape index (κ3) is 4.19. The number of hydrogen-bond acceptors (Lipinski definition) is 5. The first kappa shape index (κ1) is 15.9. The van der Waals surface area contributed by atoms with Crippen molar-refractivity contribution in [3.63, 3.8) is 0 Å². The molecule has 2 unspecified atom stereocenters. The molecular weight excluding hydrogens is 264 g/mol. The lowest BCUT2D eigenvalue weighted by atomic mass is 10.0. The Morgan fingerprint density at radius 3 is 2.53 bits per heavy atom. The van der Waals surface area contributed by atoms with E-state index in [1.807, 2.05) is 25.1 Å². The summed E-state index contributed by atoms with van der Waals surface area (Å²) < 4.78 is 28.5. The Morgan fingerprint density at radius 2 is 2.05 bits per heavy atom. The highest BCUT2D eigenvalue weighted by Crippen LogP contribution is 2.22. The third-order valence-electron chi connectivity index (χ3n) is 3.33. The van der Waals surface area contributed by atoms with E-state index in [1.54, 1.807) is 14.0 Å². The van der Waals surface area contributed by atoms with Crippen molar-refractivity contribution < 1.29 is 13.2 Å². The molecule has 0 aromatic heterocycles. The first-order valence-electron chi connectivity index (χ1n) is 6.08. The Bertz CT molecular complexity index is 529. The molecule has 1 rings (SSSR count). The zero-order valence-electron chi connectivity index (χ0n) is 11.8. The van der Waals surface area contributed by atoms with Gasteiger partial charge in [0.15, 0.2) is 9.84 Å². The summed E-state index contributed by atoms with van der Waals surface area (Å²) in [7, 11) is -1.55. The topological polar surface area (TPSA) is 81.4 Å². The number of methoxy groups -OCH3 is 1. The van der Waals surface area contributed by atoms with E-state index < -0.39 is 15.1 Å². The summed E-state index contributed by atoms with van der Waals surface area (Å²) in [5, 5.41) is -0.567. The van der Waals surface area contributed by atoms with Crippen molar-refractivity contribution in [3.8, 4) is 5.75 Å². The minimum absolute atomic E-state index is 0.356. The maximum Gasteiger partial charge on any atom is 0.151 e. The van der Waals surface area contributed by atoms with Crippen LogP contribution in [0.3, 0.4) is 0 Å². The number of hydrazine groups is 1. The van der Waals surface area contributed by atoms with Crippen molar-refractivity contribution >= 4 is 9.84 Å². The van der Waals surface area contributed by atoms with Crippen molar-refractivity contribution in [2.75, 3.05) is 13.4 Å². The summed E-state index contributed by atoms with van der Waals surface area (Å²) in [5.74, 6) is 6.23. The normalized spacial score (nSPS) is 15.0. The number of sulfone groups is 1. The van der Waals surface area contributed by atoms with Gasteiger partial charge >= 0.3 is 0 Å². The van der Waals surface area contributed by atoms with Crippen LogP contribution in [-0.2, 0) is 16.3 Å². The van der Waals surface area contributed by atoms with Gasteiger partial charge in [-0.15, -0.1) is 0 Å². The predicted octanol–water partition coefficient (Wildman–Crippen LogP) is 0.811. The van der Waals surface area contributed by atoms with Gasteiger partial charge in [0.2, 0.25) is 0 Å². The second-order valence-corrected chi connectivity index (χ2v) is 7.23. The quantitative estimate of drug-likeness (QED) is 0.597. The van der Waals surface area contributed by atoms with Crippen LogP contribution in [0.4, 0.5) is 0 Å². The van der Waals surface area contributed by atoms with Gasteiger partial charge in [0.25, 0.3) is 0 Å². The zero-order chi connectivity index (χ0) is 14.6. The molecule has 0 aliphatic rings. The van der Waals surface area contributed by atoms with Gasteiger partial charge in [0, 0.05) is 12.3 Å². The molecule has 0 heterocycles. The highest BCUT2D eigenvalue weighted by Gasteiger charge is 2.26. The summed E-state index contributed by atoms with van der Waals surface area (Å²) in [4.78, 5) is 0. The van der Waals surface area contributed by atoms with E-state index in [0.29, 0.717) is 6.42 Å². The van der Waals surface area contributed by atoms with E-state index in [0.717, 1.165) is 16.9 Å². The Morgan fingerprint density at radius 1 is 1.42 bits per heavy atom. The minimum atomic E-state index is -3.15. The van der Waals surface area contributed by atoms with Crippen LogP contribution in [0.2, 0.25) is 0 Å². The van der Waals surface area contributed by atoms with Gasteiger partial charge in [0.05, 0.1) is 12.4 Å². The molecule has 0 aliphatic carbocycles. The number of hydrogen-bond donors (Lipinski definition) is 2. The largest absolute Gasteiger partial charge is 0.496 e. The molecule has 2 atom stereocenters. The van der Waals surface area contributed by atoms with Crippen LogP contribution in [0, 0.1) is 6.92 Å². The molecule has 0 radical (unpaired) electrons. The van der Waals surface area contributed by atoms with Crippen molar-refractivity contribution in [2.24, 2.45) is 5.84 Å². The molecule has 0 spiro atoms. The minimum Gasteiger partial charge on any atom is -0.496 e. The van der Waals surface area contributed by atoms with Crippen LogP contribution >= 0.6 is 0 Å². The van der Waals surface area contributed by atoms with Crippen molar-refractivity contribution in [1.29, 1.82) is 0 Å². The lowest BCUT2D eigenvalue weighted by Gasteiger charge is -2.23. The van der Waals surface area contributed by atoms with Gasteiger partial charge in [-0.1, -0.05) is 17.7 Å². The number of nitrogens with one attached hydrogen (secondary N) is 1.